The standard InChI is InChI=1S/C38H53N7O6/c1-5-9-26(31(46)36(50)41-24-14-15-24)42-35(49)30-28-23-13-12-22(18-23)25(28)20-45(30)37(51)32(38(2,3)4)44-34(48)29(21-10-7-6-8-11-21)43-33(47)27-19-39-16-17-40-27/h12-13,16-17,19,21-26,28-30,32H,5-11,14-15,18,20H2,1-4H3,(H,41,50)(H,42,49)(H,43,47)(H,44,48)/t22-,23+,25+,26-,28-,29-,30-,32+/m0/s1. The molecule has 2 heterocycles. The van der Waals surface area contributed by atoms with Crippen LogP contribution in [-0.4, -0.2) is 86.9 Å². The van der Waals surface area contributed by atoms with Gasteiger partial charge in [0.25, 0.3) is 11.8 Å². The van der Waals surface area contributed by atoms with E-state index in [2.05, 4.69) is 43.4 Å². The average Bonchev–Trinajstić information content (AvgIpc) is 3.49. The summed E-state index contributed by atoms with van der Waals surface area (Å²) in [5.74, 6) is -2.99. The minimum Gasteiger partial charge on any atom is -0.347 e. The molecule has 13 nitrogen and oxygen atoms in total. The summed E-state index contributed by atoms with van der Waals surface area (Å²) in [5.41, 5.74) is -0.656. The van der Waals surface area contributed by atoms with E-state index in [4.69, 9.17) is 0 Å². The monoisotopic (exact) mass is 703 g/mol. The Balaban J connectivity index is 1.24. The molecule has 13 heteroatoms. The zero-order chi connectivity index (χ0) is 36.4. The van der Waals surface area contributed by atoms with E-state index in [-0.39, 0.29) is 47.2 Å². The van der Waals surface area contributed by atoms with Crippen molar-refractivity contribution in [1.29, 1.82) is 0 Å². The summed E-state index contributed by atoms with van der Waals surface area (Å²) in [6.45, 7) is 7.85. The molecule has 1 aromatic rings. The lowest BCUT2D eigenvalue weighted by molar-refractivity contribution is -0.146. The molecule has 4 N–H and O–H groups in total. The van der Waals surface area contributed by atoms with Gasteiger partial charge in [-0.25, -0.2) is 4.98 Å². The maximum absolute atomic E-state index is 14.8. The minimum absolute atomic E-state index is 0.00606. The first-order valence-corrected chi connectivity index (χ1v) is 18.9. The summed E-state index contributed by atoms with van der Waals surface area (Å²) in [7, 11) is 0. The molecule has 5 aliphatic rings. The maximum atomic E-state index is 14.8. The number of amides is 5. The van der Waals surface area contributed by atoms with E-state index < -0.39 is 59.0 Å². The highest BCUT2D eigenvalue weighted by molar-refractivity contribution is 6.38. The van der Waals surface area contributed by atoms with Gasteiger partial charge >= 0.3 is 0 Å². The molecule has 0 unspecified atom stereocenters. The fourth-order valence-corrected chi connectivity index (χ4v) is 8.78. The van der Waals surface area contributed by atoms with Crippen molar-refractivity contribution in [3.05, 3.63) is 36.4 Å². The van der Waals surface area contributed by atoms with Gasteiger partial charge in [0.05, 0.1) is 12.2 Å². The van der Waals surface area contributed by atoms with Crippen molar-refractivity contribution in [2.75, 3.05) is 6.54 Å². The first-order valence-electron chi connectivity index (χ1n) is 18.9. The van der Waals surface area contributed by atoms with Gasteiger partial charge in [0.2, 0.25) is 23.5 Å². The molecule has 2 bridgehead atoms. The number of nitrogens with zero attached hydrogens (tertiary/aromatic N) is 3. The summed E-state index contributed by atoms with van der Waals surface area (Å²) in [4.78, 5) is 92.3. The lowest BCUT2D eigenvalue weighted by atomic mass is 9.81. The molecule has 8 atom stereocenters. The fraction of sp³-hybridized carbons (Fsp3) is 0.684. The second-order valence-electron chi connectivity index (χ2n) is 16.3. The second kappa shape index (κ2) is 15.2. The van der Waals surface area contributed by atoms with Crippen LogP contribution in [0, 0.1) is 35.0 Å². The topological polar surface area (TPSA) is 180 Å². The third-order valence-corrected chi connectivity index (χ3v) is 11.6. The van der Waals surface area contributed by atoms with E-state index in [9.17, 15) is 28.8 Å². The smallest absolute Gasteiger partial charge is 0.289 e. The van der Waals surface area contributed by atoms with E-state index in [0.29, 0.717) is 19.4 Å². The number of aromatic nitrogens is 2. The van der Waals surface area contributed by atoms with Crippen LogP contribution in [0.4, 0.5) is 0 Å². The molecule has 0 spiro atoms. The van der Waals surface area contributed by atoms with Crippen LogP contribution < -0.4 is 21.3 Å². The van der Waals surface area contributed by atoms with Crippen molar-refractivity contribution >= 4 is 35.3 Å². The summed E-state index contributed by atoms with van der Waals surface area (Å²) in [6, 6.07) is -3.77. The van der Waals surface area contributed by atoms with Crippen LogP contribution in [0.15, 0.2) is 30.7 Å². The molecule has 4 aliphatic carbocycles. The number of Topliss-reactive ketones (excluding diaryl/α,β-unsaturated/α-hetero) is 1. The van der Waals surface area contributed by atoms with E-state index in [0.717, 1.165) is 51.4 Å². The van der Waals surface area contributed by atoms with Crippen LogP contribution in [-0.2, 0) is 24.0 Å². The molecule has 1 saturated heterocycles. The van der Waals surface area contributed by atoms with Gasteiger partial charge in [-0.3, -0.25) is 33.8 Å². The molecule has 1 aliphatic heterocycles. The molecule has 3 saturated carbocycles. The van der Waals surface area contributed by atoms with Gasteiger partial charge in [0, 0.05) is 25.0 Å². The van der Waals surface area contributed by atoms with Crippen molar-refractivity contribution in [2.24, 2.45) is 35.0 Å². The number of fused-ring (bicyclic) bond motifs is 5. The van der Waals surface area contributed by atoms with E-state index >= 15 is 0 Å². The van der Waals surface area contributed by atoms with Crippen molar-refractivity contribution in [3.63, 3.8) is 0 Å². The van der Waals surface area contributed by atoms with Gasteiger partial charge in [0.1, 0.15) is 23.8 Å². The van der Waals surface area contributed by atoms with Crippen molar-refractivity contribution in [1.82, 2.24) is 36.1 Å². The van der Waals surface area contributed by atoms with E-state index in [1.807, 2.05) is 27.7 Å². The second-order valence-corrected chi connectivity index (χ2v) is 16.3. The van der Waals surface area contributed by atoms with Gasteiger partial charge < -0.3 is 26.2 Å². The molecule has 1 aromatic heterocycles. The third kappa shape index (κ3) is 8.02. The Morgan fingerprint density at radius 2 is 1.65 bits per heavy atom. The molecule has 276 valence electrons. The maximum Gasteiger partial charge on any atom is 0.289 e. The van der Waals surface area contributed by atoms with Crippen LogP contribution in [0.25, 0.3) is 0 Å². The highest BCUT2D eigenvalue weighted by atomic mass is 16.2. The highest BCUT2D eigenvalue weighted by Gasteiger charge is 2.59. The molecular formula is C38H53N7O6. The van der Waals surface area contributed by atoms with Gasteiger partial charge in [-0.2, -0.15) is 0 Å². The number of nitrogens with one attached hydrogen (secondary N) is 4. The quantitative estimate of drug-likeness (QED) is 0.179. The van der Waals surface area contributed by atoms with Crippen molar-refractivity contribution in [3.8, 4) is 0 Å². The Kier molecular flexibility index (Phi) is 10.9. The predicted molar refractivity (Wildman–Crippen MR) is 187 cm³/mol. The van der Waals surface area contributed by atoms with Gasteiger partial charge in [-0.1, -0.05) is 65.5 Å². The molecule has 0 aromatic carbocycles. The van der Waals surface area contributed by atoms with Crippen LogP contribution in [0.1, 0.15) is 102 Å². The first-order chi connectivity index (χ1) is 24.4. The lowest BCUT2D eigenvalue weighted by Crippen LogP contribution is -2.62. The Labute approximate surface area is 299 Å². The molecular weight excluding hydrogens is 650 g/mol. The number of hydrogen-bond acceptors (Lipinski definition) is 8. The zero-order valence-corrected chi connectivity index (χ0v) is 30.2. The third-order valence-electron chi connectivity index (χ3n) is 11.6. The number of ketones is 1. The van der Waals surface area contributed by atoms with Gasteiger partial charge in [-0.15, -0.1) is 0 Å². The molecule has 4 fully saturated rings. The SMILES string of the molecule is CCC[C@H](NC(=O)[C@@H]1[C@@H]2[C@H](CN1C(=O)[C@@H](NC(=O)[C@@H](NC(=O)c1cnccn1)C1CCCCC1)C(C)(C)C)[C@H]1C=C[C@@H]2C1)C(=O)C(=O)NC1CC1. The van der Waals surface area contributed by atoms with Crippen LogP contribution in [0.5, 0.6) is 0 Å². The lowest BCUT2D eigenvalue weighted by Gasteiger charge is -2.38. The summed E-state index contributed by atoms with van der Waals surface area (Å²) >= 11 is 0. The normalized spacial score (nSPS) is 27.2. The Bertz CT molecular complexity index is 1530. The number of allylic oxidation sites excluding steroid dienone is 2. The van der Waals surface area contributed by atoms with Crippen molar-refractivity contribution in [2.45, 2.75) is 122 Å². The number of carbonyl (C=O) groups is 6. The zero-order valence-electron chi connectivity index (χ0n) is 30.2. The number of carbonyl (C=O) groups excluding carboxylic acids is 6. The first kappa shape index (κ1) is 36.6. The van der Waals surface area contributed by atoms with E-state index in [1.165, 1.54) is 18.6 Å². The fourth-order valence-electron chi connectivity index (χ4n) is 8.78. The minimum atomic E-state index is -1.01. The Morgan fingerprint density at radius 1 is 0.922 bits per heavy atom. The largest absolute Gasteiger partial charge is 0.347 e. The van der Waals surface area contributed by atoms with Crippen molar-refractivity contribution < 1.29 is 28.8 Å². The van der Waals surface area contributed by atoms with Crippen LogP contribution in [0.3, 0.4) is 0 Å². The number of rotatable bonds is 13. The molecule has 0 radical (unpaired) electrons. The molecule has 51 heavy (non-hydrogen) atoms. The van der Waals surface area contributed by atoms with Gasteiger partial charge in [0.15, 0.2) is 0 Å². The molecule has 5 amide bonds. The van der Waals surface area contributed by atoms with Gasteiger partial charge in [-0.05, 0) is 73.5 Å². The average molecular weight is 704 g/mol. The molecule has 6 rings (SSSR count). The van der Waals surface area contributed by atoms with Crippen LogP contribution in [0.2, 0.25) is 0 Å². The summed E-state index contributed by atoms with van der Waals surface area (Å²) < 4.78 is 0. The highest BCUT2D eigenvalue weighted by Crippen LogP contribution is 2.54. The predicted octanol–water partition coefficient (Wildman–Crippen LogP) is 2.47. The summed E-state index contributed by atoms with van der Waals surface area (Å²) in [6.07, 6.45) is 16.5. The van der Waals surface area contributed by atoms with Crippen LogP contribution >= 0.6 is 0 Å². The number of likely N-dealkylation sites (tertiary alicyclic amines) is 1. The Hall–Kier alpha value is -4.16. The Morgan fingerprint density at radius 3 is 2.29 bits per heavy atom. The summed E-state index contributed by atoms with van der Waals surface area (Å²) in [5, 5.41) is 11.6. The number of hydrogen-bond donors (Lipinski definition) is 4. The van der Waals surface area contributed by atoms with E-state index in [1.54, 1.807) is 4.90 Å².